The van der Waals surface area contributed by atoms with Crippen molar-refractivity contribution in [1.29, 1.82) is 0 Å². The quantitative estimate of drug-likeness (QED) is 0.0485. The molecule has 2 aliphatic heterocycles. The molecule has 4 nitrogen and oxygen atoms in total. The van der Waals surface area contributed by atoms with E-state index in [9.17, 15) is 9.59 Å². The van der Waals surface area contributed by atoms with Crippen molar-refractivity contribution >= 4 is 106 Å². The SMILES string of the molecule is CCCCCCN1c2ccccc2Sc2cc(/C=C/c3cc(-c4ccc(C=O)s4)c(/C=C/c4ccc5c(c4)Sc4ccccc4N5CCCCCC)cc3-c3ccc(C=O)s3)ccc21. The smallest absolute Gasteiger partial charge is 0.160 e. The Morgan fingerprint density at radius 1 is 0.438 bits per heavy atom. The Kier molecular flexibility index (Phi) is 14.1. The Morgan fingerprint density at radius 3 is 1.30 bits per heavy atom. The zero-order valence-electron chi connectivity index (χ0n) is 36.4. The van der Waals surface area contributed by atoms with Crippen LogP contribution in [0.2, 0.25) is 0 Å². The van der Waals surface area contributed by atoms with E-state index >= 15 is 0 Å². The van der Waals surface area contributed by atoms with E-state index in [0.29, 0.717) is 9.75 Å². The summed E-state index contributed by atoms with van der Waals surface area (Å²) in [5.74, 6) is 0. The highest BCUT2D eigenvalue weighted by Gasteiger charge is 2.25. The van der Waals surface area contributed by atoms with Gasteiger partial charge in [0.2, 0.25) is 0 Å². The number of thiophene rings is 2. The van der Waals surface area contributed by atoms with Crippen molar-refractivity contribution in [1.82, 2.24) is 0 Å². The first kappa shape index (κ1) is 43.9. The molecule has 7 aromatic rings. The minimum absolute atomic E-state index is 0.693. The standard InChI is InChI=1S/C56H52N2O2S4/c1-3-5-7-13-31-57-47-15-9-11-17-53(47)63-55-33-39(21-27-49(55)57)19-23-41-35-46(52-30-26-44(38-60)62-52)42(36-45(41)51-29-25-43(37-59)61-51)24-20-40-22-28-50-56(34-40)64-54-18-12-10-16-48(54)58(50)32-14-8-6-4-2/h9-12,15-30,33-38H,3-8,13-14,31-32H2,1-2H3/b23-19+,24-20+. The van der Waals surface area contributed by atoms with Gasteiger partial charge in [-0.3, -0.25) is 9.59 Å². The van der Waals surface area contributed by atoms with E-state index in [2.05, 4.69) is 157 Å². The lowest BCUT2D eigenvalue weighted by molar-refractivity contribution is 0.111. The normalized spacial score (nSPS) is 13.0. The number of anilines is 4. The molecule has 0 aliphatic carbocycles. The van der Waals surface area contributed by atoms with Gasteiger partial charge in [-0.1, -0.05) is 137 Å². The molecule has 0 fully saturated rings. The minimum atomic E-state index is 0.693. The Hall–Kier alpha value is -5.38. The average Bonchev–Trinajstić information content (AvgIpc) is 4.03. The molecule has 0 amide bonds. The van der Waals surface area contributed by atoms with Gasteiger partial charge >= 0.3 is 0 Å². The molecule has 0 saturated heterocycles. The molecule has 0 unspecified atom stereocenters. The molecule has 0 spiro atoms. The van der Waals surface area contributed by atoms with E-state index in [1.165, 1.54) is 104 Å². The summed E-state index contributed by atoms with van der Waals surface area (Å²) >= 11 is 6.71. The highest BCUT2D eigenvalue weighted by Crippen LogP contribution is 2.50. The maximum atomic E-state index is 12.0. The van der Waals surface area contributed by atoms with Gasteiger partial charge < -0.3 is 9.80 Å². The van der Waals surface area contributed by atoms with Gasteiger partial charge in [-0.2, -0.15) is 0 Å². The number of rotatable bonds is 18. The topological polar surface area (TPSA) is 40.6 Å². The Labute approximate surface area is 394 Å². The molecule has 2 aliphatic rings. The lowest BCUT2D eigenvalue weighted by atomic mass is 9.95. The fraction of sp³-hybridized carbons (Fsp3) is 0.214. The number of nitrogens with zero attached hydrogens (tertiary/aromatic N) is 2. The van der Waals surface area contributed by atoms with E-state index in [1.807, 2.05) is 35.7 Å². The lowest BCUT2D eigenvalue weighted by Crippen LogP contribution is -2.22. The first-order valence-electron chi connectivity index (χ1n) is 22.6. The van der Waals surface area contributed by atoms with Crippen LogP contribution in [0.25, 0.3) is 45.2 Å². The van der Waals surface area contributed by atoms with Crippen molar-refractivity contribution in [3.63, 3.8) is 0 Å². The average molecular weight is 913 g/mol. The fourth-order valence-electron chi connectivity index (χ4n) is 8.61. The van der Waals surface area contributed by atoms with Gasteiger partial charge in [-0.05, 0) is 131 Å². The van der Waals surface area contributed by atoms with Gasteiger partial charge in [0, 0.05) is 42.4 Å². The van der Waals surface area contributed by atoms with Crippen LogP contribution in [-0.4, -0.2) is 25.7 Å². The van der Waals surface area contributed by atoms with Gasteiger partial charge in [0.1, 0.15) is 0 Å². The number of hydrogen-bond acceptors (Lipinski definition) is 8. The number of hydrogen-bond donors (Lipinski definition) is 0. The van der Waals surface area contributed by atoms with Gasteiger partial charge in [0.15, 0.2) is 12.6 Å². The fourth-order valence-corrected chi connectivity index (χ4v) is 12.6. The van der Waals surface area contributed by atoms with Gasteiger partial charge in [0.25, 0.3) is 0 Å². The second-order valence-corrected chi connectivity index (χ2v) is 20.7. The molecular weight excluding hydrogens is 861 g/mol. The number of benzene rings is 5. The highest BCUT2D eigenvalue weighted by atomic mass is 32.2. The molecule has 322 valence electrons. The number of para-hydroxylation sites is 2. The van der Waals surface area contributed by atoms with E-state index in [1.54, 1.807) is 0 Å². The maximum Gasteiger partial charge on any atom is 0.160 e. The lowest BCUT2D eigenvalue weighted by Gasteiger charge is -2.33. The summed E-state index contributed by atoms with van der Waals surface area (Å²) < 4.78 is 0. The van der Waals surface area contributed by atoms with Crippen LogP contribution in [0.1, 0.15) is 107 Å². The summed E-state index contributed by atoms with van der Waals surface area (Å²) in [6.45, 7) is 6.53. The Morgan fingerprint density at radius 2 is 0.875 bits per heavy atom. The van der Waals surface area contributed by atoms with Crippen LogP contribution in [0.3, 0.4) is 0 Å². The van der Waals surface area contributed by atoms with Gasteiger partial charge in [-0.25, -0.2) is 0 Å². The van der Waals surface area contributed by atoms with Crippen molar-refractivity contribution in [2.24, 2.45) is 0 Å². The molecule has 8 heteroatoms. The predicted molar refractivity (Wildman–Crippen MR) is 278 cm³/mol. The second kappa shape index (κ2) is 20.6. The van der Waals surface area contributed by atoms with Crippen LogP contribution in [-0.2, 0) is 0 Å². The van der Waals surface area contributed by atoms with Crippen LogP contribution in [0.5, 0.6) is 0 Å². The number of unbranched alkanes of at least 4 members (excludes halogenated alkanes) is 6. The van der Waals surface area contributed by atoms with Gasteiger partial charge in [-0.15, -0.1) is 22.7 Å². The predicted octanol–water partition coefficient (Wildman–Crippen LogP) is 17.5. The summed E-state index contributed by atoms with van der Waals surface area (Å²) in [6, 6.07) is 43.6. The molecular formula is C56H52N2O2S4. The largest absolute Gasteiger partial charge is 0.340 e. The Bertz CT molecular complexity index is 2660. The zero-order chi connectivity index (χ0) is 43.8. The molecule has 5 aromatic carbocycles. The first-order valence-corrected chi connectivity index (χ1v) is 25.8. The molecule has 0 saturated carbocycles. The summed E-state index contributed by atoms with van der Waals surface area (Å²) in [5.41, 5.74) is 11.6. The summed E-state index contributed by atoms with van der Waals surface area (Å²) in [4.78, 5) is 37.5. The van der Waals surface area contributed by atoms with E-state index in [-0.39, 0.29) is 0 Å². The van der Waals surface area contributed by atoms with Crippen LogP contribution >= 0.6 is 46.2 Å². The molecule has 0 radical (unpaired) electrons. The van der Waals surface area contributed by atoms with Crippen molar-refractivity contribution in [2.75, 3.05) is 22.9 Å². The van der Waals surface area contributed by atoms with Gasteiger partial charge in [0.05, 0.1) is 32.5 Å². The summed E-state index contributed by atoms with van der Waals surface area (Å²) in [6.07, 6.45) is 20.5. The van der Waals surface area contributed by atoms with E-state index in [0.717, 1.165) is 81.6 Å². The van der Waals surface area contributed by atoms with Crippen LogP contribution in [0.4, 0.5) is 22.7 Å². The molecule has 2 aromatic heterocycles. The second-order valence-electron chi connectivity index (χ2n) is 16.4. The Balaban J connectivity index is 1.08. The number of carbonyl (C=O) groups excluding carboxylic acids is 2. The van der Waals surface area contributed by atoms with Crippen molar-refractivity contribution in [3.05, 3.63) is 153 Å². The number of aldehydes is 2. The zero-order valence-corrected chi connectivity index (χ0v) is 39.7. The molecule has 4 heterocycles. The summed E-state index contributed by atoms with van der Waals surface area (Å²) in [7, 11) is 0. The van der Waals surface area contributed by atoms with Crippen molar-refractivity contribution in [2.45, 2.75) is 84.8 Å². The monoisotopic (exact) mass is 912 g/mol. The molecule has 64 heavy (non-hydrogen) atoms. The highest BCUT2D eigenvalue weighted by molar-refractivity contribution is 8.00. The molecule has 0 atom stereocenters. The van der Waals surface area contributed by atoms with Crippen LogP contribution < -0.4 is 9.80 Å². The minimum Gasteiger partial charge on any atom is -0.340 e. The van der Waals surface area contributed by atoms with Crippen molar-refractivity contribution < 1.29 is 9.59 Å². The van der Waals surface area contributed by atoms with Crippen LogP contribution in [0, 0.1) is 0 Å². The molecule has 0 bridgehead atoms. The van der Waals surface area contributed by atoms with Crippen LogP contribution in [0.15, 0.2) is 141 Å². The summed E-state index contributed by atoms with van der Waals surface area (Å²) in [5, 5.41) is 0. The van der Waals surface area contributed by atoms with E-state index < -0.39 is 0 Å². The first-order chi connectivity index (χ1) is 31.5. The maximum absolute atomic E-state index is 12.0. The number of carbonyl (C=O) groups is 2. The van der Waals surface area contributed by atoms with E-state index in [4.69, 9.17) is 0 Å². The molecule has 0 N–H and O–H groups in total. The third-order valence-corrected chi connectivity index (χ3v) is 16.2. The van der Waals surface area contributed by atoms with Crippen molar-refractivity contribution in [3.8, 4) is 20.9 Å². The third kappa shape index (κ3) is 9.67. The third-order valence-electron chi connectivity index (χ3n) is 11.9. The number of fused-ring (bicyclic) bond motifs is 4. The molecule has 9 rings (SSSR count).